The molecule has 0 bridgehead atoms. The molecule has 0 atom stereocenters. The normalized spacial score (nSPS) is 15.4. The van der Waals surface area contributed by atoms with Gasteiger partial charge in [0.25, 0.3) is 0 Å². The van der Waals surface area contributed by atoms with E-state index in [4.69, 9.17) is 10.2 Å². The van der Waals surface area contributed by atoms with E-state index < -0.39 is 0 Å². The number of anilines is 2. The van der Waals surface area contributed by atoms with E-state index >= 15 is 0 Å². The molecule has 0 unspecified atom stereocenters. The highest BCUT2D eigenvalue weighted by Crippen LogP contribution is 2.30. The van der Waals surface area contributed by atoms with E-state index in [1.54, 1.807) is 4.90 Å². The molecule has 1 aromatic heterocycles. The first-order valence-corrected chi connectivity index (χ1v) is 7.53. The van der Waals surface area contributed by atoms with Gasteiger partial charge in [0.2, 0.25) is 11.8 Å². The average molecular weight is 300 g/mol. The van der Waals surface area contributed by atoms with Gasteiger partial charge in [-0.2, -0.15) is 0 Å². The first-order chi connectivity index (χ1) is 10.5. The predicted molar refractivity (Wildman–Crippen MR) is 83.4 cm³/mol. The van der Waals surface area contributed by atoms with Crippen LogP contribution in [0.4, 0.5) is 11.7 Å². The minimum absolute atomic E-state index is 0.0230. The van der Waals surface area contributed by atoms with Gasteiger partial charge in [-0.15, -0.1) is 5.10 Å². The summed E-state index contributed by atoms with van der Waals surface area (Å²) < 4.78 is 5.24. The van der Waals surface area contributed by atoms with E-state index in [-0.39, 0.29) is 18.5 Å². The Morgan fingerprint density at radius 3 is 2.64 bits per heavy atom. The van der Waals surface area contributed by atoms with Crippen molar-refractivity contribution in [1.82, 2.24) is 10.2 Å². The lowest BCUT2D eigenvalue weighted by atomic mass is 9.96. The predicted octanol–water partition coefficient (Wildman–Crippen LogP) is 2.53. The van der Waals surface area contributed by atoms with Gasteiger partial charge in [0.05, 0.1) is 0 Å². The van der Waals surface area contributed by atoms with Crippen molar-refractivity contribution in [3.63, 3.8) is 0 Å². The van der Waals surface area contributed by atoms with Crippen molar-refractivity contribution >= 4 is 17.6 Å². The van der Waals surface area contributed by atoms with E-state index in [0.717, 1.165) is 24.9 Å². The Bertz CT molecular complexity index is 708. The number of carbonyl (C=O) groups is 1. The van der Waals surface area contributed by atoms with Crippen molar-refractivity contribution in [2.75, 3.05) is 10.6 Å². The molecule has 0 fully saturated rings. The van der Waals surface area contributed by atoms with Crippen LogP contribution in [0.25, 0.3) is 0 Å². The second kappa shape index (κ2) is 5.79. The van der Waals surface area contributed by atoms with Crippen molar-refractivity contribution < 1.29 is 9.21 Å². The van der Waals surface area contributed by atoms with Crippen LogP contribution in [0.3, 0.4) is 0 Å². The van der Waals surface area contributed by atoms with Gasteiger partial charge in [-0.1, -0.05) is 11.2 Å². The fourth-order valence-corrected chi connectivity index (χ4v) is 2.81. The van der Waals surface area contributed by atoms with Crippen LogP contribution in [0, 0.1) is 13.8 Å². The Hall–Kier alpha value is -2.37. The minimum atomic E-state index is 0.0230. The van der Waals surface area contributed by atoms with Gasteiger partial charge >= 0.3 is 6.01 Å². The largest absolute Gasteiger partial charge is 0.406 e. The molecular weight excluding hydrogens is 280 g/mol. The molecular formula is C16H20N4O2. The Balaban J connectivity index is 2.02. The molecule has 6 nitrogen and oxygen atoms in total. The second-order valence-electron chi connectivity index (χ2n) is 5.79. The Morgan fingerprint density at radius 1 is 1.18 bits per heavy atom. The van der Waals surface area contributed by atoms with Crippen molar-refractivity contribution in [3.8, 4) is 0 Å². The van der Waals surface area contributed by atoms with Crippen LogP contribution in [0.1, 0.15) is 41.8 Å². The van der Waals surface area contributed by atoms with Crippen molar-refractivity contribution in [2.24, 2.45) is 0 Å². The maximum atomic E-state index is 12.5. The number of benzene rings is 1. The van der Waals surface area contributed by atoms with Gasteiger partial charge in [-0.25, -0.2) is 0 Å². The Labute approximate surface area is 129 Å². The number of nitrogen functional groups attached to an aromatic ring is 1. The minimum Gasteiger partial charge on any atom is -0.406 e. The third kappa shape index (κ3) is 2.81. The number of hydrogen-bond acceptors (Lipinski definition) is 5. The molecule has 1 aliphatic heterocycles. The molecule has 2 N–H and O–H groups in total. The number of aryl methyl sites for hydroxylation is 3. The monoisotopic (exact) mass is 300 g/mol. The van der Waals surface area contributed by atoms with Gasteiger partial charge < -0.3 is 15.1 Å². The van der Waals surface area contributed by atoms with E-state index in [2.05, 4.69) is 36.2 Å². The molecule has 0 aliphatic carbocycles. The van der Waals surface area contributed by atoms with Crippen molar-refractivity contribution in [3.05, 3.63) is 34.7 Å². The zero-order valence-electron chi connectivity index (χ0n) is 12.9. The van der Waals surface area contributed by atoms with Crippen LogP contribution in [0.15, 0.2) is 16.5 Å². The van der Waals surface area contributed by atoms with Gasteiger partial charge in [-0.05, 0) is 55.9 Å². The highest BCUT2D eigenvalue weighted by Gasteiger charge is 2.23. The first kappa shape index (κ1) is 14.6. The van der Waals surface area contributed by atoms with Crippen LogP contribution in [-0.2, 0) is 17.8 Å². The summed E-state index contributed by atoms with van der Waals surface area (Å²) >= 11 is 0. The highest BCUT2D eigenvalue weighted by atomic mass is 16.4. The topological polar surface area (TPSA) is 85.2 Å². The fourth-order valence-electron chi connectivity index (χ4n) is 2.81. The molecule has 6 heteroatoms. The number of nitrogens with zero attached hydrogens (tertiary/aromatic N) is 3. The first-order valence-electron chi connectivity index (χ1n) is 7.53. The summed E-state index contributed by atoms with van der Waals surface area (Å²) in [6.07, 6.45) is 3.44. The Kier molecular flexibility index (Phi) is 3.83. The lowest BCUT2D eigenvalue weighted by Crippen LogP contribution is -2.32. The summed E-state index contributed by atoms with van der Waals surface area (Å²) in [5.41, 5.74) is 10.0. The van der Waals surface area contributed by atoms with E-state index in [9.17, 15) is 4.79 Å². The number of carbonyl (C=O) groups excluding carboxylic acids is 1. The fraction of sp³-hybridized carbons (Fsp3) is 0.438. The standard InChI is InChI=1S/C16H20N4O2/c1-10-7-12-5-3-4-6-15(21)20(13(12)8-11(10)2)9-14-18-19-16(17)22-14/h7-8H,3-6,9H2,1-2H3,(H2,17,19). The number of aromatic nitrogens is 2. The molecule has 3 rings (SSSR count). The second-order valence-corrected chi connectivity index (χ2v) is 5.79. The maximum Gasteiger partial charge on any atom is 0.312 e. The molecule has 0 spiro atoms. The van der Waals surface area contributed by atoms with Crippen LogP contribution < -0.4 is 10.6 Å². The molecule has 1 aromatic carbocycles. The average Bonchev–Trinajstić information content (AvgIpc) is 2.88. The van der Waals surface area contributed by atoms with Crippen molar-refractivity contribution in [1.29, 1.82) is 0 Å². The third-order valence-electron chi connectivity index (χ3n) is 4.15. The van der Waals surface area contributed by atoms with Gasteiger partial charge in [-0.3, -0.25) is 4.79 Å². The third-order valence-corrected chi connectivity index (χ3v) is 4.15. The highest BCUT2D eigenvalue weighted by molar-refractivity contribution is 5.94. The summed E-state index contributed by atoms with van der Waals surface area (Å²) in [6, 6.07) is 4.28. The number of amides is 1. The summed E-state index contributed by atoms with van der Waals surface area (Å²) in [4.78, 5) is 14.3. The molecule has 0 saturated heterocycles. The summed E-state index contributed by atoms with van der Waals surface area (Å²) in [6.45, 7) is 4.42. The Morgan fingerprint density at radius 2 is 1.91 bits per heavy atom. The van der Waals surface area contributed by atoms with Gasteiger partial charge in [0.15, 0.2) is 0 Å². The SMILES string of the molecule is Cc1cc2c(cc1C)N(Cc1nnc(N)o1)C(=O)CCCC2. The van der Waals surface area contributed by atoms with Crippen LogP contribution in [-0.4, -0.2) is 16.1 Å². The zero-order valence-corrected chi connectivity index (χ0v) is 12.9. The molecule has 1 amide bonds. The van der Waals surface area contributed by atoms with Gasteiger partial charge in [0, 0.05) is 12.1 Å². The molecule has 1 aliphatic rings. The molecule has 0 saturated carbocycles. The summed E-state index contributed by atoms with van der Waals surface area (Å²) in [7, 11) is 0. The van der Waals surface area contributed by atoms with Crippen LogP contribution in [0.5, 0.6) is 0 Å². The summed E-state index contributed by atoms with van der Waals surface area (Å²) in [5, 5.41) is 7.54. The quantitative estimate of drug-likeness (QED) is 0.921. The molecule has 116 valence electrons. The smallest absolute Gasteiger partial charge is 0.312 e. The van der Waals surface area contributed by atoms with Crippen LogP contribution >= 0.6 is 0 Å². The van der Waals surface area contributed by atoms with Crippen molar-refractivity contribution in [2.45, 2.75) is 46.1 Å². The van der Waals surface area contributed by atoms with E-state index in [1.165, 1.54) is 16.7 Å². The number of hydrogen-bond donors (Lipinski definition) is 1. The maximum absolute atomic E-state index is 12.5. The summed E-state index contributed by atoms with van der Waals surface area (Å²) in [5.74, 6) is 0.441. The molecule has 2 aromatic rings. The van der Waals surface area contributed by atoms with E-state index in [0.29, 0.717) is 12.3 Å². The molecule has 0 radical (unpaired) electrons. The lowest BCUT2D eigenvalue weighted by Gasteiger charge is -2.27. The van der Waals surface area contributed by atoms with E-state index in [1.807, 2.05) is 0 Å². The van der Waals surface area contributed by atoms with Crippen LogP contribution in [0.2, 0.25) is 0 Å². The number of rotatable bonds is 2. The lowest BCUT2D eigenvalue weighted by molar-refractivity contribution is -0.119. The number of nitrogens with two attached hydrogens (primary N) is 1. The zero-order chi connectivity index (χ0) is 15.7. The number of fused-ring (bicyclic) bond motifs is 1. The molecule has 2 heterocycles. The van der Waals surface area contributed by atoms with Gasteiger partial charge in [0.1, 0.15) is 6.54 Å². The molecule has 22 heavy (non-hydrogen) atoms.